The third-order valence-corrected chi connectivity index (χ3v) is 3.07. The second-order valence-corrected chi connectivity index (χ2v) is 5.49. The van der Waals surface area contributed by atoms with Gasteiger partial charge in [0.2, 0.25) is 0 Å². The van der Waals surface area contributed by atoms with Crippen LogP contribution in [-0.2, 0) is 5.41 Å². The lowest BCUT2D eigenvalue weighted by molar-refractivity contribution is 0.415. The van der Waals surface area contributed by atoms with Gasteiger partial charge in [-0.2, -0.15) is 0 Å². The maximum Gasteiger partial charge on any atom is 0.133 e. The van der Waals surface area contributed by atoms with Crippen molar-refractivity contribution in [2.45, 2.75) is 26.2 Å². The van der Waals surface area contributed by atoms with Crippen LogP contribution in [0.5, 0.6) is 5.75 Å². The molecule has 0 bridgehead atoms. The topological polar surface area (TPSA) is 22.1 Å². The van der Waals surface area contributed by atoms with Crippen LogP contribution in [0, 0.1) is 0 Å². The maximum atomic E-state index is 6.22. The quantitative estimate of drug-likeness (QED) is 0.707. The Morgan fingerprint density at radius 2 is 1.88 bits per heavy atom. The van der Waals surface area contributed by atoms with Crippen molar-refractivity contribution in [3.63, 3.8) is 0 Å². The Bertz CT molecular complexity index is 558. The molecule has 90 valence electrons. The summed E-state index contributed by atoms with van der Waals surface area (Å²) in [5.74, 6) is 0.835. The molecule has 0 aliphatic carbocycles. The van der Waals surface area contributed by atoms with E-state index >= 15 is 0 Å². The summed E-state index contributed by atoms with van der Waals surface area (Å²) in [5, 5.41) is 1.63. The first kappa shape index (κ1) is 12.2. The van der Waals surface area contributed by atoms with Crippen LogP contribution < -0.4 is 4.74 Å². The van der Waals surface area contributed by atoms with Gasteiger partial charge >= 0.3 is 0 Å². The predicted octanol–water partition coefficient (Wildman–Crippen LogP) is 4.19. The zero-order chi connectivity index (χ0) is 12.6. The van der Waals surface area contributed by atoms with Crippen molar-refractivity contribution in [1.29, 1.82) is 0 Å². The van der Waals surface area contributed by atoms with Crippen molar-refractivity contribution in [3.8, 4) is 5.75 Å². The average molecular weight is 250 g/mol. The number of halogens is 1. The lowest BCUT2D eigenvalue weighted by Gasteiger charge is -2.20. The molecule has 2 nitrogen and oxygen atoms in total. The number of nitrogens with zero attached hydrogens (tertiary/aromatic N) is 1. The summed E-state index contributed by atoms with van der Waals surface area (Å²) in [7, 11) is 1.66. The zero-order valence-corrected chi connectivity index (χ0v) is 11.3. The molecule has 17 heavy (non-hydrogen) atoms. The van der Waals surface area contributed by atoms with E-state index in [-0.39, 0.29) is 5.41 Å². The molecule has 0 N–H and O–H groups in total. The number of fused-ring (bicyclic) bond motifs is 1. The van der Waals surface area contributed by atoms with Crippen LogP contribution >= 0.6 is 11.6 Å². The van der Waals surface area contributed by atoms with Crippen LogP contribution in [0.3, 0.4) is 0 Å². The van der Waals surface area contributed by atoms with E-state index in [9.17, 15) is 0 Å². The molecule has 1 heterocycles. The highest BCUT2D eigenvalue weighted by Crippen LogP contribution is 2.31. The van der Waals surface area contributed by atoms with Crippen molar-refractivity contribution in [2.24, 2.45) is 0 Å². The van der Waals surface area contributed by atoms with Gasteiger partial charge in [-0.15, -0.1) is 0 Å². The molecule has 0 amide bonds. The molecule has 1 aromatic heterocycles. The molecule has 2 rings (SSSR count). The van der Waals surface area contributed by atoms with Gasteiger partial charge in [0.05, 0.1) is 12.6 Å². The molecule has 0 saturated heterocycles. The van der Waals surface area contributed by atoms with E-state index < -0.39 is 0 Å². The molecule has 0 fully saturated rings. The van der Waals surface area contributed by atoms with Crippen LogP contribution in [0.15, 0.2) is 24.3 Å². The van der Waals surface area contributed by atoms with Crippen LogP contribution in [0.4, 0.5) is 0 Å². The van der Waals surface area contributed by atoms with Crippen LogP contribution in [-0.4, -0.2) is 12.1 Å². The van der Waals surface area contributed by atoms with Crippen LogP contribution in [0.25, 0.3) is 10.9 Å². The lowest BCUT2D eigenvalue weighted by atomic mass is 9.87. The van der Waals surface area contributed by atoms with Gasteiger partial charge in [-0.05, 0) is 35.2 Å². The van der Waals surface area contributed by atoms with E-state index in [1.807, 2.05) is 18.2 Å². The minimum atomic E-state index is -0.0125. The van der Waals surface area contributed by atoms with Crippen molar-refractivity contribution in [1.82, 2.24) is 4.98 Å². The highest BCUT2D eigenvalue weighted by atomic mass is 35.5. The third kappa shape index (κ3) is 2.37. The van der Waals surface area contributed by atoms with E-state index in [2.05, 4.69) is 31.8 Å². The fraction of sp³-hybridized carbons (Fsp3) is 0.357. The Morgan fingerprint density at radius 1 is 1.18 bits per heavy atom. The van der Waals surface area contributed by atoms with Gasteiger partial charge < -0.3 is 4.74 Å². The summed E-state index contributed by atoms with van der Waals surface area (Å²) >= 11 is 6.22. The molecular weight excluding hydrogens is 234 g/mol. The second-order valence-electron chi connectivity index (χ2n) is 5.14. The van der Waals surface area contributed by atoms with Crippen molar-refractivity contribution in [3.05, 3.63) is 35.0 Å². The highest BCUT2D eigenvalue weighted by molar-refractivity contribution is 6.30. The molecule has 0 radical (unpaired) electrons. The summed E-state index contributed by atoms with van der Waals surface area (Å²) in [4.78, 5) is 4.43. The fourth-order valence-electron chi connectivity index (χ4n) is 1.78. The van der Waals surface area contributed by atoms with Crippen molar-refractivity contribution >= 4 is 22.5 Å². The van der Waals surface area contributed by atoms with Gasteiger partial charge in [0.1, 0.15) is 10.9 Å². The third-order valence-electron chi connectivity index (χ3n) is 2.78. The average Bonchev–Trinajstić information content (AvgIpc) is 2.26. The first-order valence-corrected chi connectivity index (χ1v) is 5.94. The van der Waals surface area contributed by atoms with E-state index in [0.717, 1.165) is 22.2 Å². The normalized spacial score (nSPS) is 11.8. The summed E-state index contributed by atoms with van der Waals surface area (Å²) in [6, 6.07) is 7.88. The van der Waals surface area contributed by atoms with Gasteiger partial charge in [-0.1, -0.05) is 32.4 Å². The van der Waals surface area contributed by atoms with Gasteiger partial charge in [0.25, 0.3) is 0 Å². The second kappa shape index (κ2) is 4.19. The highest BCUT2D eigenvalue weighted by Gasteiger charge is 2.19. The first-order valence-electron chi connectivity index (χ1n) is 5.56. The van der Waals surface area contributed by atoms with Crippen LogP contribution in [0.2, 0.25) is 5.15 Å². The number of aromatic nitrogens is 1. The van der Waals surface area contributed by atoms with Crippen molar-refractivity contribution in [2.75, 3.05) is 7.11 Å². The fourth-order valence-corrected chi connectivity index (χ4v) is 2.21. The Kier molecular flexibility index (Phi) is 3.00. The Balaban J connectivity index is 2.69. The van der Waals surface area contributed by atoms with E-state index in [0.29, 0.717) is 5.15 Å². The molecule has 0 aliphatic heterocycles. The lowest BCUT2D eigenvalue weighted by Crippen LogP contribution is -2.12. The Hall–Kier alpha value is -1.28. The number of hydrogen-bond acceptors (Lipinski definition) is 2. The molecule has 0 saturated carbocycles. The van der Waals surface area contributed by atoms with Gasteiger partial charge in [-0.25, -0.2) is 4.98 Å². The number of rotatable bonds is 1. The zero-order valence-electron chi connectivity index (χ0n) is 10.5. The summed E-state index contributed by atoms with van der Waals surface area (Å²) in [5.41, 5.74) is 1.94. The number of ether oxygens (including phenoxy) is 1. The largest absolute Gasteiger partial charge is 0.497 e. The molecule has 1 aromatic carbocycles. The molecule has 0 atom stereocenters. The predicted molar refractivity (Wildman–Crippen MR) is 72.0 cm³/mol. The van der Waals surface area contributed by atoms with E-state index in [1.54, 1.807) is 7.11 Å². The molecule has 0 unspecified atom stereocenters. The molecule has 0 spiro atoms. The minimum Gasteiger partial charge on any atom is -0.497 e. The smallest absolute Gasteiger partial charge is 0.133 e. The number of hydrogen-bond donors (Lipinski definition) is 0. The summed E-state index contributed by atoms with van der Waals surface area (Å²) in [6.07, 6.45) is 0. The first-order chi connectivity index (χ1) is 7.91. The summed E-state index contributed by atoms with van der Waals surface area (Å²) < 4.78 is 5.22. The van der Waals surface area contributed by atoms with E-state index in [1.165, 1.54) is 0 Å². The Morgan fingerprint density at radius 3 is 2.47 bits per heavy atom. The standard InChI is InChI=1S/C14H16ClNO/c1-14(2,3)11-8-9-7-10(17-4)5-6-12(9)16-13(11)15/h5-8H,1-4H3. The van der Waals surface area contributed by atoms with Gasteiger partial charge in [0, 0.05) is 5.39 Å². The van der Waals surface area contributed by atoms with Gasteiger partial charge in [0.15, 0.2) is 0 Å². The molecular formula is C14H16ClNO. The SMILES string of the molecule is COc1ccc2nc(Cl)c(C(C)(C)C)cc2c1. The minimum absolute atomic E-state index is 0.0125. The van der Waals surface area contributed by atoms with E-state index in [4.69, 9.17) is 16.3 Å². The Labute approximate surface area is 107 Å². The number of methoxy groups -OCH3 is 1. The molecule has 3 heteroatoms. The molecule has 2 aromatic rings. The van der Waals surface area contributed by atoms with Crippen molar-refractivity contribution < 1.29 is 4.74 Å². The number of benzene rings is 1. The number of pyridine rings is 1. The maximum absolute atomic E-state index is 6.22. The monoisotopic (exact) mass is 249 g/mol. The summed E-state index contributed by atoms with van der Waals surface area (Å²) in [6.45, 7) is 6.38. The van der Waals surface area contributed by atoms with Crippen LogP contribution in [0.1, 0.15) is 26.3 Å². The van der Waals surface area contributed by atoms with Gasteiger partial charge in [-0.3, -0.25) is 0 Å². The molecule has 0 aliphatic rings.